The molecule has 6 nitrogen and oxygen atoms in total. The lowest BCUT2D eigenvalue weighted by atomic mass is 9.60. The average Bonchev–Trinajstić information content (AvgIpc) is 3.03. The molecule has 3 aliphatic carbocycles. The van der Waals surface area contributed by atoms with E-state index in [1.54, 1.807) is 0 Å². The van der Waals surface area contributed by atoms with Gasteiger partial charge in [0, 0.05) is 18.1 Å². The quantitative estimate of drug-likeness (QED) is 0.806. The minimum Gasteiger partial charge on any atom is -0.378 e. The number of hydrogen-bond acceptors (Lipinski definition) is 5. The van der Waals surface area contributed by atoms with Gasteiger partial charge in [-0.2, -0.15) is 0 Å². The van der Waals surface area contributed by atoms with E-state index in [2.05, 4.69) is 34.4 Å². The van der Waals surface area contributed by atoms with Crippen LogP contribution in [0.15, 0.2) is 0 Å². The highest BCUT2D eigenvalue weighted by Gasteiger charge is 2.58. The molecule has 3 aliphatic rings. The zero-order valence-corrected chi connectivity index (χ0v) is 13.7. The molecule has 0 radical (unpaired) electrons. The highest BCUT2D eigenvalue weighted by atomic mass is 16.5. The maximum Gasteiger partial charge on any atom is 0.165 e. The van der Waals surface area contributed by atoms with E-state index in [0.29, 0.717) is 23.6 Å². The summed E-state index contributed by atoms with van der Waals surface area (Å²) in [4.78, 5) is 2.48. The first-order valence-electron chi connectivity index (χ1n) is 8.83. The van der Waals surface area contributed by atoms with Crippen LogP contribution in [0.25, 0.3) is 0 Å². The van der Waals surface area contributed by atoms with E-state index in [-0.39, 0.29) is 0 Å². The van der Waals surface area contributed by atoms with E-state index in [4.69, 9.17) is 4.74 Å². The number of hydrogen-bond donors (Lipinski definition) is 0. The fourth-order valence-corrected chi connectivity index (χ4v) is 4.72. The first kappa shape index (κ1) is 14.6. The van der Waals surface area contributed by atoms with Crippen molar-refractivity contribution in [3.05, 3.63) is 5.82 Å². The van der Waals surface area contributed by atoms with E-state index in [0.717, 1.165) is 25.4 Å². The molecule has 2 atom stereocenters. The Kier molecular flexibility index (Phi) is 3.69. The minimum atomic E-state index is 0.391. The van der Waals surface area contributed by atoms with E-state index in [1.807, 2.05) is 4.68 Å². The lowest BCUT2D eigenvalue weighted by Crippen LogP contribution is -2.62. The molecule has 0 aliphatic heterocycles. The molecular formula is C16H27N5O. The Bertz CT molecular complexity index is 520. The van der Waals surface area contributed by atoms with Gasteiger partial charge < -0.3 is 4.74 Å². The average molecular weight is 305 g/mol. The van der Waals surface area contributed by atoms with Crippen molar-refractivity contribution in [3.63, 3.8) is 0 Å². The Hall–Kier alpha value is -1.01. The molecule has 4 rings (SSSR count). The first-order chi connectivity index (χ1) is 10.7. The molecule has 1 aromatic rings. The molecule has 0 amide bonds. The van der Waals surface area contributed by atoms with Crippen molar-refractivity contribution in [3.8, 4) is 0 Å². The third-order valence-electron chi connectivity index (χ3n) is 6.02. The van der Waals surface area contributed by atoms with E-state index >= 15 is 0 Å². The van der Waals surface area contributed by atoms with Crippen LogP contribution in [0, 0.1) is 5.41 Å². The van der Waals surface area contributed by atoms with Gasteiger partial charge in [0.05, 0.1) is 18.7 Å². The second-order valence-corrected chi connectivity index (χ2v) is 7.32. The number of tetrazole rings is 1. The van der Waals surface area contributed by atoms with Crippen LogP contribution in [0.2, 0.25) is 0 Å². The summed E-state index contributed by atoms with van der Waals surface area (Å²) < 4.78 is 8.07. The van der Waals surface area contributed by atoms with Crippen LogP contribution in [0.3, 0.4) is 0 Å². The van der Waals surface area contributed by atoms with Gasteiger partial charge in [-0.05, 0) is 56.5 Å². The highest BCUT2D eigenvalue weighted by Crippen LogP contribution is 2.56. The predicted molar refractivity (Wildman–Crippen MR) is 82.3 cm³/mol. The fraction of sp³-hybridized carbons (Fsp3) is 0.938. The van der Waals surface area contributed by atoms with Crippen LogP contribution in [-0.4, -0.2) is 50.9 Å². The number of rotatable bonds is 6. The summed E-state index contributed by atoms with van der Waals surface area (Å²) >= 11 is 0. The van der Waals surface area contributed by atoms with Crippen molar-refractivity contribution in [2.24, 2.45) is 5.41 Å². The van der Waals surface area contributed by atoms with Crippen molar-refractivity contribution >= 4 is 0 Å². The summed E-state index contributed by atoms with van der Waals surface area (Å²) in [5.41, 5.74) is 0.391. The molecule has 22 heavy (non-hydrogen) atoms. The largest absolute Gasteiger partial charge is 0.378 e. The molecule has 6 heteroatoms. The summed E-state index contributed by atoms with van der Waals surface area (Å²) in [6, 6.07) is 1.17. The van der Waals surface area contributed by atoms with Gasteiger partial charge in [0.2, 0.25) is 0 Å². The number of nitrogens with zero attached hydrogens (tertiary/aromatic N) is 5. The molecule has 3 fully saturated rings. The summed E-state index contributed by atoms with van der Waals surface area (Å²) in [6.45, 7) is 3.81. The van der Waals surface area contributed by atoms with Crippen LogP contribution < -0.4 is 0 Å². The summed E-state index contributed by atoms with van der Waals surface area (Å²) in [6.07, 6.45) is 9.42. The molecule has 0 bridgehead atoms. The van der Waals surface area contributed by atoms with Crippen LogP contribution in [-0.2, 0) is 11.3 Å². The summed E-state index contributed by atoms with van der Waals surface area (Å²) in [7, 11) is 2.23. The summed E-state index contributed by atoms with van der Waals surface area (Å²) in [5.74, 6) is 1.03. The van der Waals surface area contributed by atoms with Crippen molar-refractivity contribution in [1.29, 1.82) is 0 Å². The SMILES string of the molecule is CCO[C@@H]1C[C@@H](N(C)Cc2nnnn2C2CC2)C12CCCC2. The molecule has 0 saturated heterocycles. The third kappa shape index (κ3) is 2.27. The monoisotopic (exact) mass is 305 g/mol. The summed E-state index contributed by atoms with van der Waals surface area (Å²) in [5, 5.41) is 12.3. The Morgan fingerprint density at radius 3 is 2.77 bits per heavy atom. The Labute approximate surface area is 132 Å². The van der Waals surface area contributed by atoms with E-state index in [1.165, 1.54) is 38.5 Å². The molecule has 1 spiro atoms. The van der Waals surface area contributed by atoms with Crippen LogP contribution in [0.4, 0.5) is 0 Å². The fourth-order valence-electron chi connectivity index (χ4n) is 4.72. The standard InChI is InChI=1S/C16H27N5O/c1-3-22-14-10-13(16(14)8-4-5-9-16)20(2)11-15-17-18-19-21(15)12-6-7-12/h12-14H,3-11H2,1-2H3/t13-,14-/m1/s1. The van der Waals surface area contributed by atoms with Gasteiger partial charge in [0.25, 0.3) is 0 Å². The molecule has 3 saturated carbocycles. The molecule has 122 valence electrons. The first-order valence-corrected chi connectivity index (χ1v) is 8.83. The number of aromatic nitrogens is 4. The van der Waals surface area contributed by atoms with Gasteiger partial charge in [-0.15, -0.1) is 5.10 Å². The number of ether oxygens (including phenoxy) is 1. The predicted octanol–water partition coefficient (Wildman–Crippen LogP) is 2.18. The highest BCUT2D eigenvalue weighted by molar-refractivity contribution is 5.10. The molecule has 1 heterocycles. The molecule has 1 aromatic heterocycles. The second-order valence-electron chi connectivity index (χ2n) is 7.32. The van der Waals surface area contributed by atoms with Crippen molar-refractivity contribution in [2.75, 3.05) is 13.7 Å². The zero-order valence-electron chi connectivity index (χ0n) is 13.7. The Morgan fingerprint density at radius 2 is 2.09 bits per heavy atom. The maximum atomic E-state index is 6.03. The topological polar surface area (TPSA) is 56.1 Å². The maximum absolute atomic E-state index is 6.03. The molecule has 0 unspecified atom stereocenters. The van der Waals surface area contributed by atoms with E-state index in [9.17, 15) is 0 Å². The molecular weight excluding hydrogens is 278 g/mol. The lowest BCUT2D eigenvalue weighted by Gasteiger charge is -2.57. The van der Waals surface area contributed by atoms with Gasteiger partial charge in [0.15, 0.2) is 5.82 Å². The van der Waals surface area contributed by atoms with Gasteiger partial charge >= 0.3 is 0 Å². The zero-order chi connectivity index (χ0) is 15.2. The van der Waals surface area contributed by atoms with Gasteiger partial charge in [-0.25, -0.2) is 4.68 Å². The van der Waals surface area contributed by atoms with Crippen molar-refractivity contribution < 1.29 is 4.74 Å². The smallest absolute Gasteiger partial charge is 0.165 e. The van der Waals surface area contributed by atoms with E-state index < -0.39 is 0 Å². The normalized spacial score (nSPS) is 30.1. The van der Waals surface area contributed by atoms with Crippen molar-refractivity contribution in [1.82, 2.24) is 25.1 Å². The third-order valence-corrected chi connectivity index (χ3v) is 6.02. The van der Waals surface area contributed by atoms with Crippen LogP contribution >= 0.6 is 0 Å². The van der Waals surface area contributed by atoms with Gasteiger partial charge in [0.1, 0.15) is 0 Å². The van der Waals surface area contributed by atoms with Crippen molar-refractivity contribution in [2.45, 2.75) is 76.6 Å². The Morgan fingerprint density at radius 1 is 1.32 bits per heavy atom. The second kappa shape index (κ2) is 5.57. The molecule has 0 N–H and O–H groups in total. The molecule has 0 aromatic carbocycles. The minimum absolute atomic E-state index is 0.391. The van der Waals surface area contributed by atoms with Gasteiger partial charge in [-0.1, -0.05) is 12.8 Å². The Balaban J connectivity index is 1.46. The van der Waals surface area contributed by atoms with Gasteiger partial charge in [-0.3, -0.25) is 4.90 Å². The van der Waals surface area contributed by atoms with Crippen LogP contribution in [0.1, 0.15) is 63.7 Å². The lowest BCUT2D eigenvalue weighted by molar-refractivity contribution is -0.162. The van der Waals surface area contributed by atoms with Crippen LogP contribution in [0.5, 0.6) is 0 Å².